The molecule has 0 fully saturated rings. The maximum Gasteiger partial charge on any atom is 0.266 e. The maximum absolute atomic E-state index is 11.4. The van der Waals surface area contributed by atoms with Crippen molar-refractivity contribution in [1.29, 1.82) is 0 Å². The van der Waals surface area contributed by atoms with Gasteiger partial charge in [0.25, 0.3) is 5.91 Å². The largest absolute Gasteiger partial charge is 0.368 e. The van der Waals surface area contributed by atoms with Crippen LogP contribution in [0.2, 0.25) is 0 Å². The monoisotopic (exact) mass is 242 g/mol. The summed E-state index contributed by atoms with van der Waals surface area (Å²) in [7, 11) is 0. The zero-order valence-electron chi connectivity index (χ0n) is 8.35. The van der Waals surface area contributed by atoms with Crippen molar-refractivity contribution in [3.8, 4) is 0 Å². The fourth-order valence-electron chi connectivity index (χ4n) is 1.00. The summed E-state index contributed by atoms with van der Waals surface area (Å²) < 4.78 is 0. The van der Waals surface area contributed by atoms with Gasteiger partial charge in [-0.15, -0.1) is 11.6 Å². The van der Waals surface area contributed by atoms with Gasteiger partial charge in [-0.25, -0.2) is 5.48 Å². The van der Waals surface area contributed by atoms with Crippen LogP contribution in [0, 0.1) is 0 Å². The summed E-state index contributed by atoms with van der Waals surface area (Å²) in [5, 5.41) is -0.867. The number of rotatable bonds is 5. The van der Waals surface area contributed by atoms with Crippen LogP contribution in [-0.4, -0.2) is 18.4 Å². The standard InChI is InChI=1S/C10H11ClN2O3/c11-9(7-4-2-1-3-5-7)10(15)13-16-6-8(12)14/h1-5,9H,6H2,(H2,12,14)(H,13,15). The van der Waals surface area contributed by atoms with E-state index in [2.05, 4.69) is 4.84 Å². The first-order valence-corrected chi connectivity index (χ1v) is 4.94. The van der Waals surface area contributed by atoms with Crippen molar-refractivity contribution in [3.05, 3.63) is 35.9 Å². The molecule has 0 saturated carbocycles. The summed E-state index contributed by atoms with van der Waals surface area (Å²) in [6, 6.07) is 8.77. The summed E-state index contributed by atoms with van der Waals surface area (Å²) >= 11 is 5.86. The Bertz CT molecular complexity index is 370. The quantitative estimate of drug-likeness (QED) is 0.583. The minimum atomic E-state index is -0.867. The van der Waals surface area contributed by atoms with E-state index in [4.69, 9.17) is 17.3 Å². The minimum absolute atomic E-state index is 0.385. The number of nitrogens with one attached hydrogen (secondary N) is 1. The molecule has 0 aliphatic heterocycles. The summed E-state index contributed by atoms with van der Waals surface area (Å²) in [4.78, 5) is 26.3. The molecule has 16 heavy (non-hydrogen) atoms. The van der Waals surface area contributed by atoms with Crippen molar-refractivity contribution in [3.63, 3.8) is 0 Å². The lowest BCUT2D eigenvalue weighted by molar-refractivity contribution is -0.137. The maximum atomic E-state index is 11.4. The van der Waals surface area contributed by atoms with Crippen LogP contribution in [0.1, 0.15) is 10.9 Å². The van der Waals surface area contributed by atoms with Crippen LogP contribution in [-0.2, 0) is 14.4 Å². The average Bonchev–Trinajstić information content (AvgIpc) is 2.28. The topological polar surface area (TPSA) is 81.4 Å². The van der Waals surface area contributed by atoms with Crippen LogP contribution in [0.5, 0.6) is 0 Å². The lowest BCUT2D eigenvalue weighted by atomic mass is 10.1. The Morgan fingerprint density at radius 3 is 2.56 bits per heavy atom. The molecule has 2 amide bonds. The second-order valence-corrected chi connectivity index (χ2v) is 3.43. The summed E-state index contributed by atoms with van der Waals surface area (Å²) in [5.74, 6) is -1.22. The van der Waals surface area contributed by atoms with Crippen LogP contribution >= 0.6 is 11.6 Å². The van der Waals surface area contributed by atoms with Gasteiger partial charge in [0.15, 0.2) is 6.61 Å². The molecule has 1 aromatic rings. The van der Waals surface area contributed by atoms with Gasteiger partial charge in [0.1, 0.15) is 5.38 Å². The van der Waals surface area contributed by atoms with Gasteiger partial charge >= 0.3 is 0 Å². The van der Waals surface area contributed by atoms with Gasteiger partial charge in [0, 0.05) is 0 Å². The number of hydroxylamine groups is 1. The molecule has 1 unspecified atom stereocenters. The molecular weight excluding hydrogens is 232 g/mol. The van der Waals surface area contributed by atoms with Gasteiger partial charge in [0.05, 0.1) is 0 Å². The summed E-state index contributed by atoms with van der Waals surface area (Å²) in [5.41, 5.74) is 7.50. The third-order valence-electron chi connectivity index (χ3n) is 1.71. The molecular formula is C10H11ClN2O3. The Morgan fingerprint density at radius 2 is 2.00 bits per heavy atom. The van der Waals surface area contributed by atoms with Crippen molar-refractivity contribution >= 4 is 23.4 Å². The van der Waals surface area contributed by atoms with E-state index >= 15 is 0 Å². The molecule has 3 N–H and O–H groups in total. The molecule has 0 aliphatic rings. The second kappa shape index (κ2) is 6.09. The molecule has 5 nitrogen and oxygen atoms in total. The zero-order valence-corrected chi connectivity index (χ0v) is 9.11. The van der Waals surface area contributed by atoms with Crippen molar-refractivity contribution in [2.24, 2.45) is 5.73 Å². The van der Waals surface area contributed by atoms with Crippen LogP contribution in [0.15, 0.2) is 30.3 Å². The lowest BCUT2D eigenvalue weighted by Gasteiger charge is -2.09. The van der Waals surface area contributed by atoms with Crippen molar-refractivity contribution < 1.29 is 14.4 Å². The molecule has 1 atom stereocenters. The average molecular weight is 243 g/mol. The Kier molecular flexibility index (Phi) is 4.75. The minimum Gasteiger partial charge on any atom is -0.368 e. The fourth-order valence-corrected chi connectivity index (χ4v) is 1.19. The third kappa shape index (κ3) is 3.88. The highest BCUT2D eigenvalue weighted by molar-refractivity contribution is 6.30. The number of nitrogens with two attached hydrogens (primary N) is 1. The van der Waals surface area contributed by atoms with Crippen LogP contribution in [0.4, 0.5) is 0 Å². The predicted octanol–water partition coefficient (Wildman–Crippen LogP) is 0.500. The van der Waals surface area contributed by atoms with Gasteiger partial charge in [-0.1, -0.05) is 30.3 Å². The molecule has 0 aromatic heterocycles. The second-order valence-electron chi connectivity index (χ2n) is 2.99. The van der Waals surface area contributed by atoms with Gasteiger partial charge in [0.2, 0.25) is 5.91 Å². The number of hydrogen-bond acceptors (Lipinski definition) is 3. The van der Waals surface area contributed by atoms with Gasteiger partial charge in [-0.05, 0) is 5.56 Å². The first-order chi connectivity index (χ1) is 7.61. The number of halogens is 1. The Labute approximate surface area is 97.5 Å². The highest BCUT2D eigenvalue weighted by Crippen LogP contribution is 2.19. The molecule has 0 bridgehead atoms. The van der Waals surface area contributed by atoms with Crippen molar-refractivity contribution in [2.45, 2.75) is 5.38 Å². The Hall–Kier alpha value is -1.59. The number of carbonyl (C=O) groups excluding carboxylic acids is 2. The molecule has 0 spiro atoms. The van der Waals surface area contributed by atoms with Gasteiger partial charge in [-0.3, -0.25) is 14.4 Å². The number of alkyl halides is 1. The predicted molar refractivity (Wildman–Crippen MR) is 58.3 cm³/mol. The van der Waals surface area contributed by atoms with Crippen molar-refractivity contribution in [1.82, 2.24) is 5.48 Å². The van der Waals surface area contributed by atoms with E-state index in [9.17, 15) is 9.59 Å². The van der Waals surface area contributed by atoms with Gasteiger partial charge in [-0.2, -0.15) is 0 Å². The van der Waals surface area contributed by atoms with Crippen LogP contribution < -0.4 is 11.2 Å². The number of hydrogen-bond donors (Lipinski definition) is 2. The Morgan fingerprint density at radius 1 is 1.38 bits per heavy atom. The number of primary amides is 1. The first-order valence-electron chi connectivity index (χ1n) is 4.50. The highest BCUT2D eigenvalue weighted by atomic mass is 35.5. The molecule has 1 rings (SSSR count). The molecule has 6 heteroatoms. The SMILES string of the molecule is NC(=O)CONC(=O)C(Cl)c1ccccc1. The lowest BCUT2D eigenvalue weighted by Crippen LogP contribution is -2.31. The van der Waals surface area contributed by atoms with Gasteiger partial charge < -0.3 is 5.73 Å². The van der Waals surface area contributed by atoms with E-state index in [-0.39, 0.29) is 6.61 Å². The van der Waals surface area contributed by atoms with E-state index in [0.29, 0.717) is 5.56 Å². The number of benzene rings is 1. The summed E-state index contributed by atoms with van der Waals surface area (Å²) in [6.45, 7) is -0.385. The number of amides is 2. The Balaban J connectivity index is 2.45. The molecule has 86 valence electrons. The van der Waals surface area contributed by atoms with E-state index < -0.39 is 17.2 Å². The summed E-state index contributed by atoms with van der Waals surface area (Å²) in [6.07, 6.45) is 0. The highest BCUT2D eigenvalue weighted by Gasteiger charge is 2.17. The zero-order chi connectivity index (χ0) is 12.0. The van der Waals surface area contributed by atoms with Crippen molar-refractivity contribution in [2.75, 3.05) is 6.61 Å². The normalized spacial score (nSPS) is 11.8. The smallest absolute Gasteiger partial charge is 0.266 e. The fraction of sp³-hybridized carbons (Fsp3) is 0.200. The molecule has 0 aliphatic carbocycles. The van der Waals surface area contributed by atoms with E-state index in [1.807, 2.05) is 11.5 Å². The molecule has 1 aromatic carbocycles. The van der Waals surface area contributed by atoms with E-state index in [1.165, 1.54) is 0 Å². The molecule has 0 saturated heterocycles. The van der Waals surface area contributed by atoms with Crippen LogP contribution in [0.25, 0.3) is 0 Å². The molecule has 0 radical (unpaired) electrons. The van der Waals surface area contributed by atoms with Crippen LogP contribution in [0.3, 0.4) is 0 Å². The third-order valence-corrected chi connectivity index (χ3v) is 2.16. The number of carbonyl (C=O) groups is 2. The van der Waals surface area contributed by atoms with E-state index in [1.54, 1.807) is 24.3 Å². The van der Waals surface area contributed by atoms with E-state index in [0.717, 1.165) is 0 Å². The first kappa shape index (κ1) is 12.5. The molecule has 0 heterocycles.